The van der Waals surface area contributed by atoms with Gasteiger partial charge in [0.25, 0.3) is 0 Å². The number of aromatic carboxylic acids is 1. The second kappa shape index (κ2) is 9.88. The van der Waals surface area contributed by atoms with Crippen LogP contribution in [0.4, 0.5) is 5.69 Å². The number of carbonyl (C=O) groups excluding carboxylic acids is 1. The second-order valence-corrected chi connectivity index (χ2v) is 6.19. The number of benzene rings is 2. The lowest BCUT2D eigenvalue weighted by molar-refractivity contribution is -0.111. The summed E-state index contributed by atoms with van der Waals surface area (Å²) in [7, 11) is 1.53. The van der Waals surface area contributed by atoms with Crippen LogP contribution in [0.2, 0.25) is 0 Å². The Bertz CT molecular complexity index is 1060. The lowest BCUT2D eigenvalue weighted by Crippen LogP contribution is -2.11. The number of rotatable bonds is 8. The van der Waals surface area contributed by atoms with Gasteiger partial charge in [0.05, 0.1) is 24.1 Å². The van der Waals surface area contributed by atoms with Crippen molar-refractivity contribution < 1.29 is 24.2 Å². The van der Waals surface area contributed by atoms with Crippen LogP contribution in [0.1, 0.15) is 21.6 Å². The lowest BCUT2D eigenvalue weighted by Gasteiger charge is -2.11. The van der Waals surface area contributed by atoms with Crippen LogP contribution in [0.3, 0.4) is 0 Å². The minimum Gasteiger partial charge on any atom is -0.493 e. The van der Waals surface area contributed by atoms with Gasteiger partial charge in [0.2, 0.25) is 5.91 Å². The number of carbonyl (C=O) groups is 2. The van der Waals surface area contributed by atoms with E-state index in [1.807, 2.05) is 18.2 Å². The van der Waals surface area contributed by atoms with E-state index in [0.29, 0.717) is 18.1 Å². The number of methoxy groups -OCH3 is 1. The summed E-state index contributed by atoms with van der Waals surface area (Å²) in [6.07, 6.45) is 4.62. The Hall–Kier alpha value is -4.13. The van der Waals surface area contributed by atoms with E-state index in [9.17, 15) is 14.7 Å². The summed E-state index contributed by atoms with van der Waals surface area (Å²) in [6.45, 7) is 0.303. The van der Waals surface area contributed by atoms with Crippen molar-refractivity contribution in [2.24, 2.45) is 0 Å². The number of nitrogens with zero attached hydrogens (tertiary/aromatic N) is 1. The number of para-hydroxylation sites is 1. The normalized spacial score (nSPS) is 10.6. The monoisotopic (exact) mass is 404 g/mol. The van der Waals surface area contributed by atoms with E-state index < -0.39 is 11.9 Å². The first-order valence-corrected chi connectivity index (χ1v) is 9.09. The van der Waals surface area contributed by atoms with E-state index in [0.717, 1.165) is 11.3 Å². The van der Waals surface area contributed by atoms with Crippen LogP contribution in [0, 0.1) is 0 Å². The van der Waals surface area contributed by atoms with E-state index in [1.165, 1.54) is 25.3 Å². The molecular formula is C23H20N2O5. The highest BCUT2D eigenvalue weighted by atomic mass is 16.5. The van der Waals surface area contributed by atoms with Crippen LogP contribution < -0.4 is 14.8 Å². The van der Waals surface area contributed by atoms with Gasteiger partial charge >= 0.3 is 5.97 Å². The molecular weight excluding hydrogens is 384 g/mol. The molecule has 7 nitrogen and oxygen atoms in total. The van der Waals surface area contributed by atoms with Gasteiger partial charge in [0, 0.05) is 12.3 Å². The van der Waals surface area contributed by atoms with E-state index in [1.54, 1.807) is 42.6 Å². The van der Waals surface area contributed by atoms with E-state index in [2.05, 4.69) is 10.3 Å². The number of ether oxygens (including phenoxy) is 2. The third kappa shape index (κ3) is 5.45. The average molecular weight is 404 g/mol. The number of amides is 1. The number of nitrogens with one attached hydrogen (secondary N) is 1. The van der Waals surface area contributed by atoms with Crippen LogP contribution >= 0.6 is 0 Å². The van der Waals surface area contributed by atoms with Gasteiger partial charge < -0.3 is 19.9 Å². The third-order valence-electron chi connectivity index (χ3n) is 4.13. The molecule has 30 heavy (non-hydrogen) atoms. The van der Waals surface area contributed by atoms with Gasteiger partial charge in [-0.25, -0.2) is 4.79 Å². The Morgan fingerprint density at radius 2 is 1.87 bits per heavy atom. The molecule has 1 heterocycles. The Morgan fingerprint density at radius 3 is 2.60 bits per heavy atom. The fourth-order valence-corrected chi connectivity index (χ4v) is 2.67. The summed E-state index contributed by atoms with van der Waals surface area (Å²) in [4.78, 5) is 27.6. The summed E-state index contributed by atoms with van der Waals surface area (Å²) in [5.41, 5.74) is 1.77. The molecule has 1 aromatic heterocycles. The second-order valence-electron chi connectivity index (χ2n) is 6.19. The highest BCUT2D eigenvalue weighted by Gasteiger charge is 2.10. The van der Waals surface area contributed by atoms with Gasteiger partial charge in [-0.05, 0) is 48.0 Å². The van der Waals surface area contributed by atoms with Crippen molar-refractivity contribution in [1.29, 1.82) is 0 Å². The number of aromatic nitrogens is 1. The maximum absolute atomic E-state index is 12.2. The largest absolute Gasteiger partial charge is 0.493 e. The fraction of sp³-hybridized carbons (Fsp3) is 0.0870. The zero-order chi connectivity index (χ0) is 21.3. The van der Waals surface area contributed by atoms with E-state index >= 15 is 0 Å². The quantitative estimate of drug-likeness (QED) is 0.551. The summed E-state index contributed by atoms with van der Waals surface area (Å²) >= 11 is 0. The molecule has 0 radical (unpaired) electrons. The molecule has 0 saturated carbocycles. The SMILES string of the molecule is COc1cc(C=CC(=O)Nc2ccccc2C(=O)O)ccc1OCc1ccccn1. The number of carboxylic acids is 1. The smallest absolute Gasteiger partial charge is 0.337 e. The third-order valence-corrected chi connectivity index (χ3v) is 4.13. The Labute approximate surface area is 173 Å². The molecule has 3 aromatic rings. The van der Waals surface area contributed by atoms with E-state index in [4.69, 9.17) is 9.47 Å². The van der Waals surface area contributed by atoms with Crippen molar-refractivity contribution in [2.45, 2.75) is 6.61 Å². The molecule has 0 aliphatic heterocycles. The van der Waals surface area contributed by atoms with Crippen molar-refractivity contribution in [2.75, 3.05) is 12.4 Å². The molecule has 0 saturated heterocycles. The summed E-state index contributed by atoms with van der Waals surface area (Å²) in [6, 6.07) is 17.1. The molecule has 0 bridgehead atoms. The van der Waals surface area contributed by atoms with Crippen molar-refractivity contribution in [3.05, 3.63) is 89.8 Å². The number of hydrogen-bond acceptors (Lipinski definition) is 5. The molecule has 1 amide bonds. The Balaban J connectivity index is 1.67. The first-order valence-electron chi connectivity index (χ1n) is 9.09. The molecule has 0 unspecified atom stereocenters. The maximum atomic E-state index is 12.2. The van der Waals surface area contributed by atoms with Gasteiger partial charge in [-0.2, -0.15) is 0 Å². The minimum absolute atomic E-state index is 0.0235. The first kappa shape index (κ1) is 20.6. The predicted octanol–water partition coefficient (Wildman–Crippen LogP) is 4.02. The van der Waals surface area contributed by atoms with Crippen molar-refractivity contribution >= 4 is 23.6 Å². The highest BCUT2D eigenvalue weighted by molar-refractivity contribution is 6.06. The zero-order valence-corrected chi connectivity index (χ0v) is 16.2. The van der Waals surface area contributed by atoms with Gasteiger partial charge in [0.1, 0.15) is 6.61 Å². The number of hydrogen-bond donors (Lipinski definition) is 2. The van der Waals surface area contributed by atoms with Gasteiger partial charge in [-0.1, -0.05) is 24.3 Å². The summed E-state index contributed by atoms with van der Waals surface area (Å²) < 4.78 is 11.1. The number of carboxylic acid groups (broad SMARTS) is 1. The van der Waals surface area contributed by atoms with E-state index in [-0.39, 0.29) is 11.3 Å². The standard InChI is InChI=1S/C23H20N2O5/c1-29-21-14-16(9-11-20(21)30-15-17-6-4-5-13-24-17)10-12-22(26)25-19-8-3-2-7-18(19)23(27)28/h2-14H,15H2,1H3,(H,25,26)(H,27,28). The maximum Gasteiger partial charge on any atom is 0.337 e. The van der Waals surface area contributed by atoms with Crippen molar-refractivity contribution in [3.63, 3.8) is 0 Å². The zero-order valence-electron chi connectivity index (χ0n) is 16.2. The van der Waals surface area contributed by atoms with Crippen molar-refractivity contribution in [3.8, 4) is 11.5 Å². The molecule has 2 N–H and O–H groups in total. The fourth-order valence-electron chi connectivity index (χ4n) is 2.67. The predicted molar refractivity (Wildman–Crippen MR) is 113 cm³/mol. The molecule has 0 aliphatic rings. The van der Waals surface area contributed by atoms with Gasteiger partial charge in [0.15, 0.2) is 11.5 Å². The van der Waals surface area contributed by atoms with Crippen molar-refractivity contribution in [1.82, 2.24) is 4.98 Å². The molecule has 0 atom stereocenters. The lowest BCUT2D eigenvalue weighted by atomic mass is 10.1. The Morgan fingerprint density at radius 1 is 1.07 bits per heavy atom. The van der Waals surface area contributed by atoms with Crippen LogP contribution in [-0.4, -0.2) is 29.1 Å². The van der Waals surface area contributed by atoms with Crippen LogP contribution in [0.25, 0.3) is 6.08 Å². The number of pyridine rings is 1. The summed E-state index contributed by atoms with van der Waals surface area (Å²) in [5.74, 6) is -0.482. The molecule has 0 spiro atoms. The summed E-state index contributed by atoms with van der Waals surface area (Å²) in [5, 5.41) is 11.8. The van der Waals surface area contributed by atoms with Gasteiger partial charge in [-0.3, -0.25) is 9.78 Å². The van der Waals surface area contributed by atoms with Gasteiger partial charge in [-0.15, -0.1) is 0 Å². The number of anilines is 1. The Kier molecular flexibility index (Phi) is 6.78. The van der Waals surface area contributed by atoms with Crippen LogP contribution in [0.5, 0.6) is 11.5 Å². The molecule has 3 rings (SSSR count). The first-order chi connectivity index (χ1) is 14.6. The topological polar surface area (TPSA) is 97.8 Å². The molecule has 7 heteroatoms. The highest BCUT2D eigenvalue weighted by Crippen LogP contribution is 2.29. The molecule has 0 fully saturated rings. The minimum atomic E-state index is -1.11. The molecule has 152 valence electrons. The average Bonchev–Trinajstić information content (AvgIpc) is 2.77. The molecule has 2 aromatic carbocycles. The van der Waals surface area contributed by atoms with Crippen LogP contribution in [-0.2, 0) is 11.4 Å². The van der Waals surface area contributed by atoms with Crippen LogP contribution in [0.15, 0.2) is 72.9 Å². The molecule has 0 aliphatic carbocycles.